The number of aromatic hydroxyl groups is 1. The summed E-state index contributed by atoms with van der Waals surface area (Å²) in [4.78, 5) is 4.78. The maximum atomic E-state index is 9.46. The standard InChI is InChI=1S/C24H18ClN5O/c1-15-11-16(25)13-17(12-15)26-21-3-2-4-22-20(21)9-10-23(27-22)24-14-30(29-28-24)18-5-7-19(31)8-6-18/h2-14,26,31H,1H3. The molecule has 0 aliphatic rings. The molecule has 0 aliphatic carbocycles. The van der Waals surface area contributed by atoms with Gasteiger partial charge in [-0.25, -0.2) is 9.67 Å². The van der Waals surface area contributed by atoms with Gasteiger partial charge in [0.25, 0.3) is 0 Å². The first-order valence-electron chi connectivity index (χ1n) is 9.71. The van der Waals surface area contributed by atoms with Crippen LogP contribution in [0, 0.1) is 6.92 Å². The Morgan fingerprint density at radius 1 is 0.935 bits per heavy atom. The molecular formula is C24H18ClN5O. The number of hydrogen-bond donors (Lipinski definition) is 2. The first-order valence-corrected chi connectivity index (χ1v) is 10.1. The van der Waals surface area contributed by atoms with Crippen molar-refractivity contribution in [2.24, 2.45) is 0 Å². The number of phenols is 1. The number of nitrogens with one attached hydrogen (secondary N) is 1. The highest BCUT2D eigenvalue weighted by Crippen LogP contribution is 2.29. The van der Waals surface area contributed by atoms with Gasteiger partial charge < -0.3 is 10.4 Å². The molecule has 0 spiro atoms. The molecule has 0 saturated heterocycles. The Morgan fingerprint density at radius 2 is 1.77 bits per heavy atom. The number of aromatic nitrogens is 4. The van der Waals surface area contributed by atoms with Crippen LogP contribution in [0.15, 0.2) is 79.0 Å². The molecule has 5 rings (SSSR count). The van der Waals surface area contributed by atoms with Gasteiger partial charge in [0, 0.05) is 21.8 Å². The van der Waals surface area contributed by atoms with Crippen LogP contribution in [0.1, 0.15) is 5.56 Å². The van der Waals surface area contributed by atoms with E-state index in [9.17, 15) is 5.11 Å². The average Bonchev–Trinajstić information content (AvgIpc) is 3.24. The normalized spacial score (nSPS) is 11.0. The van der Waals surface area contributed by atoms with Gasteiger partial charge in [-0.3, -0.25) is 0 Å². The highest BCUT2D eigenvalue weighted by molar-refractivity contribution is 6.31. The molecule has 3 aromatic carbocycles. The van der Waals surface area contributed by atoms with Crippen LogP contribution in [0.25, 0.3) is 28.0 Å². The van der Waals surface area contributed by atoms with Crippen LogP contribution < -0.4 is 5.32 Å². The number of rotatable bonds is 4. The van der Waals surface area contributed by atoms with Crippen LogP contribution in [0.5, 0.6) is 5.75 Å². The summed E-state index contributed by atoms with van der Waals surface area (Å²) in [6, 6.07) is 22.6. The number of anilines is 2. The second-order valence-corrected chi connectivity index (χ2v) is 7.71. The summed E-state index contributed by atoms with van der Waals surface area (Å²) in [6.07, 6.45) is 1.82. The van der Waals surface area contributed by atoms with Gasteiger partial charge >= 0.3 is 0 Å². The predicted octanol–water partition coefficient (Wildman–Crippen LogP) is 5.89. The van der Waals surface area contributed by atoms with Gasteiger partial charge in [-0.15, -0.1) is 5.10 Å². The van der Waals surface area contributed by atoms with Crippen molar-refractivity contribution in [3.05, 3.63) is 89.6 Å². The Hall–Kier alpha value is -3.90. The third-order valence-electron chi connectivity index (χ3n) is 4.92. The van der Waals surface area contributed by atoms with E-state index in [1.165, 1.54) is 0 Å². The van der Waals surface area contributed by atoms with Gasteiger partial charge in [0.15, 0.2) is 0 Å². The number of aryl methyl sites for hydroxylation is 1. The molecule has 5 aromatic rings. The molecule has 0 radical (unpaired) electrons. The molecule has 31 heavy (non-hydrogen) atoms. The van der Waals surface area contributed by atoms with Crippen molar-refractivity contribution in [1.82, 2.24) is 20.0 Å². The third-order valence-corrected chi connectivity index (χ3v) is 5.14. The molecule has 2 aromatic heterocycles. The summed E-state index contributed by atoms with van der Waals surface area (Å²) < 4.78 is 1.65. The minimum Gasteiger partial charge on any atom is -0.508 e. The van der Waals surface area contributed by atoms with Crippen molar-refractivity contribution in [3.63, 3.8) is 0 Å². The van der Waals surface area contributed by atoms with E-state index in [1.807, 2.05) is 61.7 Å². The molecule has 0 bridgehead atoms. The fourth-order valence-electron chi connectivity index (χ4n) is 3.48. The highest BCUT2D eigenvalue weighted by Gasteiger charge is 2.10. The average molecular weight is 428 g/mol. The smallest absolute Gasteiger partial charge is 0.131 e. The van der Waals surface area contributed by atoms with Crippen molar-refractivity contribution in [1.29, 1.82) is 0 Å². The van der Waals surface area contributed by atoms with Gasteiger partial charge in [-0.2, -0.15) is 0 Å². The summed E-state index contributed by atoms with van der Waals surface area (Å²) in [7, 11) is 0. The zero-order chi connectivity index (χ0) is 21.4. The van der Waals surface area contributed by atoms with Crippen molar-refractivity contribution in [2.75, 3.05) is 5.32 Å². The van der Waals surface area contributed by atoms with E-state index in [2.05, 4.69) is 15.6 Å². The minimum atomic E-state index is 0.206. The van der Waals surface area contributed by atoms with Crippen molar-refractivity contribution < 1.29 is 5.11 Å². The molecule has 0 amide bonds. The van der Waals surface area contributed by atoms with Crippen molar-refractivity contribution in [3.8, 4) is 22.8 Å². The van der Waals surface area contributed by atoms with E-state index in [0.717, 1.165) is 39.2 Å². The van der Waals surface area contributed by atoms with E-state index in [1.54, 1.807) is 28.9 Å². The largest absolute Gasteiger partial charge is 0.508 e. The molecule has 0 unspecified atom stereocenters. The van der Waals surface area contributed by atoms with Gasteiger partial charge in [-0.1, -0.05) is 22.9 Å². The molecule has 0 atom stereocenters. The zero-order valence-corrected chi connectivity index (χ0v) is 17.4. The van der Waals surface area contributed by atoms with Crippen LogP contribution >= 0.6 is 11.6 Å². The zero-order valence-electron chi connectivity index (χ0n) is 16.6. The second kappa shape index (κ2) is 7.74. The lowest BCUT2D eigenvalue weighted by atomic mass is 10.1. The molecule has 7 heteroatoms. The van der Waals surface area contributed by atoms with Gasteiger partial charge in [-0.05, 0) is 79.2 Å². The Morgan fingerprint density at radius 3 is 2.58 bits per heavy atom. The lowest BCUT2D eigenvalue weighted by Crippen LogP contribution is -1.94. The number of phenolic OH excluding ortho intramolecular Hbond substituents is 1. The maximum Gasteiger partial charge on any atom is 0.131 e. The summed E-state index contributed by atoms with van der Waals surface area (Å²) in [5.41, 5.74) is 6.02. The van der Waals surface area contributed by atoms with Crippen LogP contribution in [0.2, 0.25) is 5.02 Å². The number of benzene rings is 3. The second-order valence-electron chi connectivity index (χ2n) is 7.28. The topological polar surface area (TPSA) is 75.9 Å². The summed E-state index contributed by atoms with van der Waals surface area (Å²) in [5.74, 6) is 0.206. The molecular weight excluding hydrogens is 410 g/mol. The summed E-state index contributed by atoms with van der Waals surface area (Å²) >= 11 is 6.20. The SMILES string of the molecule is Cc1cc(Cl)cc(Nc2cccc3nc(-c4cn(-c5ccc(O)cc5)nn4)ccc23)c1. The quantitative estimate of drug-likeness (QED) is 0.374. The molecule has 2 heterocycles. The van der Waals surface area contributed by atoms with Crippen molar-refractivity contribution >= 4 is 33.9 Å². The molecule has 152 valence electrons. The lowest BCUT2D eigenvalue weighted by Gasteiger charge is -2.11. The Bertz CT molecular complexity index is 1380. The van der Waals surface area contributed by atoms with E-state index >= 15 is 0 Å². The number of hydrogen-bond acceptors (Lipinski definition) is 5. The Balaban J connectivity index is 1.48. The van der Waals surface area contributed by atoms with Gasteiger partial charge in [0.2, 0.25) is 0 Å². The molecule has 0 saturated carbocycles. The number of nitrogens with zero attached hydrogens (tertiary/aromatic N) is 4. The van der Waals surface area contributed by atoms with Crippen LogP contribution in [0.4, 0.5) is 11.4 Å². The van der Waals surface area contributed by atoms with E-state index in [-0.39, 0.29) is 5.75 Å². The lowest BCUT2D eigenvalue weighted by molar-refractivity contribution is 0.475. The Kier molecular flexibility index (Phi) is 4.76. The molecule has 6 nitrogen and oxygen atoms in total. The van der Waals surface area contributed by atoms with E-state index in [0.29, 0.717) is 10.7 Å². The Labute approximate surface area is 183 Å². The van der Waals surface area contributed by atoms with E-state index < -0.39 is 0 Å². The summed E-state index contributed by atoms with van der Waals surface area (Å²) in [5, 5.41) is 23.0. The van der Waals surface area contributed by atoms with Crippen molar-refractivity contribution in [2.45, 2.75) is 6.92 Å². The van der Waals surface area contributed by atoms with E-state index in [4.69, 9.17) is 16.6 Å². The first-order chi connectivity index (χ1) is 15.0. The monoisotopic (exact) mass is 427 g/mol. The first kappa shape index (κ1) is 19.1. The minimum absolute atomic E-state index is 0.206. The number of pyridine rings is 1. The van der Waals surface area contributed by atoms with Gasteiger partial charge in [0.05, 0.1) is 23.1 Å². The predicted molar refractivity (Wildman–Crippen MR) is 123 cm³/mol. The summed E-state index contributed by atoms with van der Waals surface area (Å²) in [6.45, 7) is 2.01. The fourth-order valence-corrected chi connectivity index (χ4v) is 3.77. The number of halogens is 1. The van der Waals surface area contributed by atoms with Crippen LogP contribution in [0.3, 0.4) is 0 Å². The van der Waals surface area contributed by atoms with Gasteiger partial charge in [0.1, 0.15) is 11.4 Å². The third kappa shape index (κ3) is 3.93. The highest BCUT2D eigenvalue weighted by atomic mass is 35.5. The molecule has 0 aliphatic heterocycles. The van der Waals surface area contributed by atoms with Crippen LogP contribution in [-0.2, 0) is 0 Å². The fraction of sp³-hybridized carbons (Fsp3) is 0.0417. The molecule has 0 fully saturated rings. The van der Waals surface area contributed by atoms with Crippen LogP contribution in [-0.4, -0.2) is 25.1 Å². The maximum absolute atomic E-state index is 9.46. The molecule has 2 N–H and O–H groups in total. The number of fused-ring (bicyclic) bond motifs is 1.